The maximum Gasteiger partial charge on any atom is 0.0924 e. The molecule has 0 bridgehead atoms. The van der Waals surface area contributed by atoms with E-state index >= 15 is 0 Å². The lowest BCUT2D eigenvalue weighted by atomic mass is 10.0. The highest BCUT2D eigenvalue weighted by Crippen LogP contribution is 2.40. The van der Waals surface area contributed by atoms with Crippen molar-refractivity contribution in [3.05, 3.63) is 181 Å². The molecule has 0 aliphatic heterocycles. The van der Waals surface area contributed by atoms with Gasteiger partial charge >= 0.3 is 0 Å². The highest BCUT2D eigenvalue weighted by atomic mass is 15.0. The lowest BCUT2D eigenvalue weighted by molar-refractivity contribution is 1.18. The number of para-hydroxylation sites is 4. The summed E-state index contributed by atoms with van der Waals surface area (Å²) in [5.74, 6) is 0. The van der Waals surface area contributed by atoms with Crippen LogP contribution in [0, 0.1) is 0 Å². The largest absolute Gasteiger partial charge is 0.309 e. The van der Waals surface area contributed by atoms with Crippen molar-refractivity contribution in [2.75, 3.05) is 0 Å². The van der Waals surface area contributed by atoms with Gasteiger partial charge < -0.3 is 9.13 Å². The van der Waals surface area contributed by atoms with E-state index in [0.717, 1.165) is 28.9 Å². The van der Waals surface area contributed by atoms with E-state index in [1.54, 1.807) is 0 Å². The Bertz CT molecular complexity index is 2780. The van der Waals surface area contributed by atoms with Crippen molar-refractivity contribution in [1.82, 2.24) is 19.1 Å². The first-order chi connectivity index (χ1) is 25.3. The Morgan fingerprint density at radius 1 is 0.353 bits per heavy atom. The summed E-state index contributed by atoms with van der Waals surface area (Å²) in [6.07, 6.45) is 4.84. The smallest absolute Gasteiger partial charge is 0.0924 e. The van der Waals surface area contributed by atoms with Crippen molar-refractivity contribution in [2.45, 2.75) is 6.42 Å². The van der Waals surface area contributed by atoms with Crippen LogP contribution in [0.25, 0.3) is 88.6 Å². The summed E-state index contributed by atoms with van der Waals surface area (Å²) in [5.41, 5.74) is 16.2. The lowest BCUT2D eigenvalue weighted by Gasteiger charge is -2.09. The molecule has 0 fully saturated rings. The van der Waals surface area contributed by atoms with Crippen molar-refractivity contribution < 1.29 is 0 Å². The standard InChI is InChI=1S/C47H30N4/c1-3-11-36(12-4-1)50-42-17-9-7-15-38(42)40-26-30(19-21-44(40)50)34-24-32-23-33-25-35(29-49-47(33)46(32)48-28-34)31-20-22-45-41(27-31)39-16-8-10-18-43(39)51(45)37-13-5-2-6-14-37/h1-22,24-29H,23H2. The molecule has 0 saturated heterocycles. The molecule has 4 heteroatoms. The SMILES string of the molecule is c1ccc(-n2c3ccccc3c3cc(-c4cnc5c(c4)Cc4cc(-c6ccc7c(c6)c6ccccc6n7-c6ccccc6)cnc4-5)ccc32)cc1. The predicted octanol–water partition coefficient (Wildman–Crippen LogP) is 11.6. The topological polar surface area (TPSA) is 35.6 Å². The third-order valence-corrected chi connectivity index (χ3v) is 10.6. The summed E-state index contributed by atoms with van der Waals surface area (Å²) >= 11 is 0. The van der Waals surface area contributed by atoms with Crippen molar-refractivity contribution >= 4 is 43.6 Å². The van der Waals surface area contributed by atoms with Gasteiger partial charge in [0, 0.05) is 62.9 Å². The van der Waals surface area contributed by atoms with E-state index in [2.05, 4.69) is 167 Å². The van der Waals surface area contributed by atoms with Crippen molar-refractivity contribution in [1.29, 1.82) is 0 Å². The van der Waals surface area contributed by atoms with Crippen LogP contribution in [-0.2, 0) is 6.42 Å². The lowest BCUT2D eigenvalue weighted by Crippen LogP contribution is -1.93. The molecule has 11 rings (SSSR count). The number of benzene rings is 6. The van der Waals surface area contributed by atoms with E-state index in [9.17, 15) is 0 Å². The van der Waals surface area contributed by atoms with Gasteiger partial charge in [-0.1, -0.05) is 84.9 Å². The zero-order valence-corrected chi connectivity index (χ0v) is 27.7. The van der Waals surface area contributed by atoms with Crippen LogP contribution in [0.1, 0.15) is 11.1 Å². The Morgan fingerprint density at radius 3 is 1.24 bits per heavy atom. The minimum atomic E-state index is 0.817. The van der Waals surface area contributed by atoms with Crippen LogP contribution in [0.4, 0.5) is 0 Å². The molecule has 10 aromatic rings. The van der Waals surface area contributed by atoms with E-state index in [0.29, 0.717) is 0 Å². The van der Waals surface area contributed by atoms with Crippen LogP contribution in [0.3, 0.4) is 0 Å². The first-order valence-corrected chi connectivity index (χ1v) is 17.4. The van der Waals surface area contributed by atoms with Gasteiger partial charge in [0.05, 0.1) is 33.5 Å². The molecule has 0 radical (unpaired) electrons. The molecule has 0 spiro atoms. The molecule has 1 aliphatic rings. The molecule has 0 unspecified atom stereocenters. The number of hydrogen-bond donors (Lipinski definition) is 0. The van der Waals surface area contributed by atoms with E-state index in [1.807, 2.05) is 12.4 Å². The van der Waals surface area contributed by atoms with Gasteiger partial charge in [0.15, 0.2) is 0 Å². The highest BCUT2D eigenvalue weighted by molar-refractivity contribution is 6.11. The summed E-state index contributed by atoms with van der Waals surface area (Å²) < 4.78 is 4.71. The molecule has 4 heterocycles. The van der Waals surface area contributed by atoms with E-state index < -0.39 is 0 Å². The number of nitrogens with zero attached hydrogens (tertiary/aromatic N) is 4. The number of aromatic nitrogens is 4. The maximum atomic E-state index is 5.01. The summed E-state index contributed by atoms with van der Waals surface area (Å²) in [6.45, 7) is 0. The second kappa shape index (κ2) is 10.9. The predicted molar refractivity (Wildman–Crippen MR) is 210 cm³/mol. The third-order valence-electron chi connectivity index (χ3n) is 10.6. The fourth-order valence-electron chi connectivity index (χ4n) is 8.25. The molecular formula is C47H30N4. The molecule has 0 N–H and O–H groups in total. The quantitative estimate of drug-likeness (QED) is 0.190. The minimum Gasteiger partial charge on any atom is -0.309 e. The van der Waals surface area contributed by atoms with Gasteiger partial charge in [0.2, 0.25) is 0 Å². The first-order valence-electron chi connectivity index (χ1n) is 17.4. The number of hydrogen-bond acceptors (Lipinski definition) is 2. The molecule has 6 aromatic carbocycles. The van der Waals surface area contributed by atoms with Crippen molar-refractivity contribution in [3.63, 3.8) is 0 Å². The van der Waals surface area contributed by atoms with Crippen LogP contribution in [-0.4, -0.2) is 19.1 Å². The second-order valence-corrected chi connectivity index (χ2v) is 13.5. The number of pyridine rings is 2. The molecule has 51 heavy (non-hydrogen) atoms. The average Bonchev–Trinajstić information content (AvgIpc) is 3.85. The van der Waals surface area contributed by atoms with Gasteiger partial charge in [0.1, 0.15) is 0 Å². The Kier molecular flexibility index (Phi) is 5.98. The van der Waals surface area contributed by atoms with E-state index in [1.165, 1.54) is 77.2 Å². The first kappa shape index (κ1) is 28.1. The third kappa shape index (κ3) is 4.26. The molecule has 0 saturated carbocycles. The summed E-state index contributed by atoms with van der Waals surface area (Å²) in [6, 6.07) is 56.8. The maximum absolute atomic E-state index is 5.01. The van der Waals surface area contributed by atoms with Gasteiger partial charge in [-0.25, -0.2) is 0 Å². The normalized spacial score (nSPS) is 12.2. The van der Waals surface area contributed by atoms with Crippen LogP contribution in [0.2, 0.25) is 0 Å². The van der Waals surface area contributed by atoms with Gasteiger partial charge in [-0.3, -0.25) is 9.97 Å². The Hall–Kier alpha value is -6.78. The number of rotatable bonds is 4. The molecule has 1 aliphatic carbocycles. The van der Waals surface area contributed by atoms with Gasteiger partial charge in [-0.15, -0.1) is 0 Å². The Labute approximate surface area is 294 Å². The molecule has 4 nitrogen and oxygen atoms in total. The Balaban J connectivity index is 0.959. The van der Waals surface area contributed by atoms with Crippen molar-refractivity contribution in [2.24, 2.45) is 0 Å². The van der Waals surface area contributed by atoms with Gasteiger partial charge in [-0.2, -0.15) is 0 Å². The molecule has 0 atom stereocenters. The van der Waals surface area contributed by atoms with Crippen LogP contribution < -0.4 is 0 Å². The second-order valence-electron chi connectivity index (χ2n) is 13.5. The molecular weight excluding hydrogens is 621 g/mol. The molecule has 238 valence electrons. The summed E-state index contributed by atoms with van der Waals surface area (Å²) in [7, 11) is 0. The van der Waals surface area contributed by atoms with Crippen LogP contribution >= 0.6 is 0 Å². The van der Waals surface area contributed by atoms with Gasteiger partial charge in [0.25, 0.3) is 0 Å². The monoisotopic (exact) mass is 650 g/mol. The fraction of sp³-hybridized carbons (Fsp3) is 0.0213. The van der Waals surface area contributed by atoms with Crippen LogP contribution in [0.15, 0.2) is 170 Å². The number of fused-ring (bicyclic) bond motifs is 9. The summed E-state index contributed by atoms with van der Waals surface area (Å²) in [4.78, 5) is 10.0. The van der Waals surface area contributed by atoms with Crippen LogP contribution in [0.5, 0.6) is 0 Å². The highest BCUT2D eigenvalue weighted by Gasteiger charge is 2.23. The van der Waals surface area contributed by atoms with E-state index in [4.69, 9.17) is 9.97 Å². The fourth-order valence-corrected chi connectivity index (χ4v) is 8.25. The van der Waals surface area contributed by atoms with E-state index in [-0.39, 0.29) is 0 Å². The average molecular weight is 651 g/mol. The minimum absolute atomic E-state index is 0.817. The summed E-state index contributed by atoms with van der Waals surface area (Å²) in [5, 5.41) is 4.98. The molecule has 0 amide bonds. The van der Waals surface area contributed by atoms with Crippen molar-refractivity contribution in [3.8, 4) is 45.0 Å². The zero-order valence-electron chi connectivity index (χ0n) is 27.7. The zero-order chi connectivity index (χ0) is 33.5. The molecule has 4 aromatic heterocycles. The Morgan fingerprint density at radius 2 is 0.765 bits per heavy atom. The van der Waals surface area contributed by atoms with Gasteiger partial charge in [-0.05, 0) is 95.1 Å².